The molecule has 2 heteroatoms. The van der Waals surface area contributed by atoms with Crippen molar-refractivity contribution in [1.29, 1.82) is 0 Å². The summed E-state index contributed by atoms with van der Waals surface area (Å²) in [6.45, 7) is 10.2. The molecule has 94 valence electrons. The van der Waals surface area contributed by atoms with Gasteiger partial charge in [0.1, 0.15) is 6.61 Å². The Kier molecular flexibility index (Phi) is 4.47. The molecule has 0 aliphatic carbocycles. The average molecular weight is 234 g/mol. The molecule has 0 saturated heterocycles. The summed E-state index contributed by atoms with van der Waals surface area (Å²) in [5, 5.41) is 0. The molecule has 1 aromatic carbocycles. The van der Waals surface area contributed by atoms with Gasteiger partial charge in [-0.25, -0.2) is 0 Å². The molecule has 2 nitrogen and oxygen atoms in total. The Morgan fingerprint density at radius 3 is 2.12 bits per heavy atom. The Morgan fingerprint density at radius 2 is 1.65 bits per heavy atom. The van der Waals surface area contributed by atoms with E-state index >= 15 is 0 Å². The summed E-state index contributed by atoms with van der Waals surface area (Å²) in [4.78, 5) is 11.8. The first kappa shape index (κ1) is 13.9. The topological polar surface area (TPSA) is 26.3 Å². The predicted octanol–water partition coefficient (Wildman–Crippen LogP) is 3.23. The number of Topliss-reactive ketones (excluding diaryl/α,β-unsaturated/α-hetero) is 1. The van der Waals surface area contributed by atoms with Crippen LogP contribution in [0.4, 0.5) is 0 Å². The summed E-state index contributed by atoms with van der Waals surface area (Å²) >= 11 is 0. The van der Waals surface area contributed by atoms with E-state index in [4.69, 9.17) is 4.74 Å². The van der Waals surface area contributed by atoms with Gasteiger partial charge in [0.05, 0.1) is 5.60 Å². The van der Waals surface area contributed by atoms with Gasteiger partial charge in [-0.2, -0.15) is 0 Å². The Labute approximate surface area is 104 Å². The van der Waals surface area contributed by atoms with Crippen LogP contribution in [0.3, 0.4) is 0 Å². The summed E-state index contributed by atoms with van der Waals surface area (Å²) < 4.78 is 5.47. The number of hydrogen-bond acceptors (Lipinski definition) is 2. The third kappa shape index (κ3) is 5.64. The van der Waals surface area contributed by atoms with Crippen LogP contribution in [0, 0.1) is 13.8 Å². The monoisotopic (exact) mass is 234 g/mol. The minimum absolute atomic E-state index is 0.130. The van der Waals surface area contributed by atoms with Gasteiger partial charge in [-0.3, -0.25) is 4.79 Å². The molecule has 0 aromatic heterocycles. The number of aryl methyl sites for hydroxylation is 2. The van der Waals surface area contributed by atoms with Crippen LogP contribution >= 0.6 is 0 Å². The van der Waals surface area contributed by atoms with E-state index in [1.54, 1.807) is 0 Å². The highest BCUT2D eigenvalue weighted by Crippen LogP contribution is 2.11. The first-order chi connectivity index (χ1) is 7.76. The maximum Gasteiger partial charge on any atom is 0.162 e. The fourth-order valence-electron chi connectivity index (χ4n) is 1.75. The maximum absolute atomic E-state index is 11.8. The van der Waals surface area contributed by atoms with Crippen molar-refractivity contribution in [3.8, 4) is 0 Å². The van der Waals surface area contributed by atoms with Gasteiger partial charge in [0, 0.05) is 6.42 Å². The highest BCUT2D eigenvalue weighted by Gasteiger charge is 2.13. The van der Waals surface area contributed by atoms with Crippen LogP contribution in [-0.2, 0) is 16.0 Å². The quantitative estimate of drug-likeness (QED) is 0.799. The molecular weight excluding hydrogens is 212 g/mol. The van der Waals surface area contributed by atoms with E-state index in [2.05, 4.69) is 18.2 Å². The van der Waals surface area contributed by atoms with Gasteiger partial charge in [-0.1, -0.05) is 29.3 Å². The third-order valence-electron chi connectivity index (χ3n) is 2.35. The van der Waals surface area contributed by atoms with Crippen molar-refractivity contribution in [2.45, 2.75) is 46.6 Å². The lowest BCUT2D eigenvalue weighted by Gasteiger charge is -2.18. The number of benzene rings is 1. The van der Waals surface area contributed by atoms with Crippen LogP contribution in [-0.4, -0.2) is 18.0 Å². The van der Waals surface area contributed by atoms with Gasteiger partial charge in [0.2, 0.25) is 0 Å². The molecule has 0 spiro atoms. The fourth-order valence-corrected chi connectivity index (χ4v) is 1.75. The lowest BCUT2D eigenvalue weighted by Crippen LogP contribution is -2.24. The minimum Gasteiger partial charge on any atom is -0.368 e. The van der Waals surface area contributed by atoms with E-state index in [-0.39, 0.29) is 18.0 Å². The zero-order valence-electron chi connectivity index (χ0n) is 11.5. The lowest BCUT2D eigenvalue weighted by atomic mass is 10.0. The van der Waals surface area contributed by atoms with Crippen molar-refractivity contribution in [3.05, 3.63) is 34.9 Å². The molecule has 0 aliphatic heterocycles. The second-order valence-electron chi connectivity index (χ2n) is 5.61. The van der Waals surface area contributed by atoms with Crippen molar-refractivity contribution in [2.24, 2.45) is 0 Å². The number of rotatable bonds is 4. The standard InChI is InChI=1S/C15H22O2/c1-11-6-12(2)8-13(7-11)9-14(16)10-17-15(3,4)5/h6-8H,9-10H2,1-5H3. The summed E-state index contributed by atoms with van der Waals surface area (Å²) in [5.74, 6) is 0.130. The van der Waals surface area contributed by atoms with Crippen LogP contribution < -0.4 is 0 Å². The van der Waals surface area contributed by atoms with Gasteiger partial charge in [-0.05, 0) is 40.2 Å². The molecule has 0 fully saturated rings. The summed E-state index contributed by atoms with van der Waals surface area (Å²) in [6.07, 6.45) is 0.457. The Morgan fingerprint density at radius 1 is 1.12 bits per heavy atom. The second-order valence-corrected chi connectivity index (χ2v) is 5.61. The first-order valence-corrected chi connectivity index (χ1v) is 5.99. The van der Waals surface area contributed by atoms with E-state index in [1.807, 2.05) is 34.6 Å². The molecule has 0 unspecified atom stereocenters. The van der Waals surface area contributed by atoms with E-state index < -0.39 is 0 Å². The maximum atomic E-state index is 11.8. The second kappa shape index (κ2) is 5.46. The number of carbonyl (C=O) groups excluding carboxylic acids is 1. The first-order valence-electron chi connectivity index (χ1n) is 5.99. The van der Waals surface area contributed by atoms with Crippen LogP contribution in [0.1, 0.15) is 37.5 Å². The van der Waals surface area contributed by atoms with Crippen LogP contribution in [0.2, 0.25) is 0 Å². The lowest BCUT2D eigenvalue weighted by molar-refractivity contribution is -0.127. The molecule has 0 heterocycles. The van der Waals surface area contributed by atoms with Crippen LogP contribution in [0.5, 0.6) is 0 Å². The van der Waals surface area contributed by atoms with E-state index in [1.165, 1.54) is 11.1 Å². The summed E-state index contributed by atoms with van der Waals surface area (Å²) in [5.41, 5.74) is 3.22. The van der Waals surface area contributed by atoms with Crippen molar-refractivity contribution >= 4 is 5.78 Å². The van der Waals surface area contributed by atoms with Gasteiger partial charge >= 0.3 is 0 Å². The van der Waals surface area contributed by atoms with E-state index in [9.17, 15) is 4.79 Å². The smallest absolute Gasteiger partial charge is 0.162 e. The van der Waals surface area contributed by atoms with Crippen molar-refractivity contribution < 1.29 is 9.53 Å². The zero-order valence-corrected chi connectivity index (χ0v) is 11.5. The molecule has 1 aromatic rings. The Hall–Kier alpha value is -1.15. The van der Waals surface area contributed by atoms with Gasteiger partial charge < -0.3 is 4.74 Å². The average Bonchev–Trinajstić information content (AvgIpc) is 2.11. The molecule has 0 radical (unpaired) electrons. The summed E-state index contributed by atoms with van der Waals surface area (Å²) in [7, 11) is 0. The van der Waals surface area contributed by atoms with Gasteiger partial charge in [-0.15, -0.1) is 0 Å². The normalized spacial score (nSPS) is 11.6. The highest BCUT2D eigenvalue weighted by atomic mass is 16.5. The minimum atomic E-state index is -0.252. The summed E-state index contributed by atoms with van der Waals surface area (Å²) in [6, 6.07) is 6.23. The molecule has 0 atom stereocenters. The molecule has 0 amide bonds. The predicted molar refractivity (Wildman–Crippen MR) is 70.3 cm³/mol. The molecular formula is C15H22O2. The van der Waals surface area contributed by atoms with Crippen molar-refractivity contribution in [1.82, 2.24) is 0 Å². The fraction of sp³-hybridized carbons (Fsp3) is 0.533. The number of carbonyl (C=O) groups is 1. The Bertz CT molecular complexity index is 380. The largest absolute Gasteiger partial charge is 0.368 e. The Balaban J connectivity index is 2.56. The number of ketones is 1. The van der Waals surface area contributed by atoms with Crippen molar-refractivity contribution in [2.75, 3.05) is 6.61 Å². The molecule has 0 aliphatic rings. The van der Waals surface area contributed by atoms with E-state index in [0.29, 0.717) is 6.42 Å². The van der Waals surface area contributed by atoms with Crippen LogP contribution in [0.25, 0.3) is 0 Å². The number of hydrogen-bond donors (Lipinski definition) is 0. The number of ether oxygens (including phenoxy) is 1. The molecule has 0 N–H and O–H groups in total. The highest BCUT2D eigenvalue weighted by molar-refractivity contribution is 5.82. The molecule has 17 heavy (non-hydrogen) atoms. The van der Waals surface area contributed by atoms with Crippen molar-refractivity contribution in [3.63, 3.8) is 0 Å². The van der Waals surface area contributed by atoms with Gasteiger partial charge in [0.25, 0.3) is 0 Å². The third-order valence-corrected chi connectivity index (χ3v) is 2.35. The molecule has 0 saturated carbocycles. The van der Waals surface area contributed by atoms with Crippen LogP contribution in [0.15, 0.2) is 18.2 Å². The molecule has 0 bridgehead atoms. The van der Waals surface area contributed by atoms with Gasteiger partial charge in [0.15, 0.2) is 5.78 Å². The van der Waals surface area contributed by atoms with E-state index in [0.717, 1.165) is 5.56 Å². The SMILES string of the molecule is Cc1cc(C)cc(CC(=O)COC(C)(C)C)c1. The zero-order chi connectivity index (χ0) is 13.1. The molecule has 1 rings (SSSR count).